The minimum absolute atomic E-state index is 0.617. The Morgan fingerprint density at radius 3 is 1.56 bits per heavy atom. The molecule has 0 fully saturated rings. The lowest BCUT2D eigenvalue weighted by Crippen LogP contribution is -2.55. The maximum absolute atomic E-state index is 6.75. The van der Waals surface area contributed by atoms with Crippen molar-refractivity contribution in [2.24, 2.45) is 0 Å². The van der Waals surface area contributed by atoms with Crippen LogP contribution >= 0.6 is 0 Å². The van der Waals surface area contributed by atoms with Crippen molar-refractivity contribution < 1.29 is 4.42 Å². The van der Waals surface area contributed by atoms with Crippen molar-refractivity contribution in [3.63, 3.8) is 0 Å². The lowest BCUT2D eigenvalue weighted by atomic mass is 9.60. The molecule has 16 heteroatoms. The van der Waals surface area contributed by atoms with Gasteiger partial charge in [0.2, 0.25) is 0 Å². The normalized spacial score (nSPS) is 11.7. The molecule has 0 bridgehead atoms. The highest BCUT2D eigenvalue weighted by atomic mass is 16.3. The van der Waals surface area contributed by atoms with Gasteiger partial charge in [-0.25, -0.2) is 15.0 Å². The third-order valence-electron chi connectivity index (χ3n) is 12.6. The molecule has 5 nitrogen and oxygen atoms in total. The number of hydrogen-bond acceptors (Lipinski definition) is 4. The van der Waals surface area contributed by atoms with Crippen LogP contribution in [0.5, 0.6) is 0 Å². The molecule has 0 spiro atoms. The lowest BCUT2D eigenvalue weighted by molar-refractivity contribution is 0.669. The van der Waals surface area contributed by atoms with Crippen LogP contribution in [0.15, 0.2) is 83.3 Å². The minimum Gasteiger partial charge on any atom is -0.456 e. The molecule has 0 N–H and O–H groups in total. The van der Waals surface area contributed by atoms with Gasteiger partial charge >= 0.3 is 0 Å². The molecule has 0 atom stereocenters. The summed E-state index contributed by atoms with van der Waals surface area (Å²) >= 11 is 0. The van der Waals surface area contributed by atoms with Crippen molar-refractivity contribution in [2.45, 2.75) is 0 Å². The van der Waals surface area contributed by atoms with Gasteiger partial charge in [0.05, 0.1) is 11.1 Å². The highest BCUT2D eigenvalue weighted by Gasteiger charge is 2.24. The van der Waals surface area contributed by atoms with E-state index in [2.05, 4.69) is 152 Å². The molecule has 0 radical (unpaired) electrons. The zero-order valence-electron chi connectivity index (χ0n) is 33.7. The fourth-order valence-corrected chi connectivity index (χ4v) is 8.99. The Balaban J connectivity index is 1.30. The maximum Gasteiger partial charge on any atom is 0.164 e. The van der Waals surface area contributed by atoms with E-state index in [0.717, 1.165) is 44.3 Å². The zero-order valence-corrected chi connectivity index (χ0v) is 33.7. The first kappa shape index (κ1) is 35.4. The second-order valence-corrected chi connectivity index (χ2v) is 15.7. The van der Waals surface area contributed by atoms with Gasteiger partial charge in [-0.3, -0.25) is 0 Å². The summed E-state index contributed by atoms with van der Waals surface area (Å²) in [5, 5.41) is 4.83. The van der Waals surface area contributed by atoms with Crippen LogP contribution < -0.4 is 60.1 Å². The van der Waals surface area contributed by atoms with Crippen LogP contribution in [-0.2, 0) is 0 Å². The Bertz CT molecular complexity index is 3030. The summed E-state index contributed by atoms with van der Waals surface area (Å²) in [7, 11) is 24.4. The molecule has 0 unspecified atom stereocenters. The van der Waals surface area contributed by atoms with Crippen LogP contribution in [0.4, 0.5) is 0 Å². The largest absolute Gasteiger partial charge is 0.456 e. The zero-order chi connectivity index (χ0) is 38.6. The van der Waals surface area contributed by atoms with Crippen molar-refractivity contribution >= 4 is 190 Å². The van der Waals surface area contributed by atoms with Gasteiger partial charge in [0, 0.05) is 33.1 Å². The number of rotatable bonds is 4. The van der Waals surface area contributed by atoms with Gasteiger partial charge in [-0.1, -0.05) is 98.3 Å². The van der Waals surface area contributed by atoms with Gasteiger partial charge < -0.3 is 8.98 Å². The summed E-state index contributed by atoms with van der Waals surface area (Å²) in [5.41, 5.74) is 22.3. The molecule has 9 rings (SSSR count). The van der Waals surface area contributed by atoms with E-state index >= 15 is 0 Å². The van der Waals surface area contributed by atoms with Crippen molar-refractivity contribution in [3.05, 3.63) is 78.9 Å². The molecule has 250 valence electrons. The summed E-state index contributed by atoms with van der Waals surface area (Å²) in [6, 6.07) is 27.7. The molecule has 3 heterocycles. The number of furan rings is 1. The van der Waals surface area contributed by atoms with E-state index in [4.69, 9.17) is 19.4 Å². The number of aromatic nitrogens is 4. The molecule has 0 amide bonds. The molecule has 3 aromatic heterocycles. The summed E-state index contributed by atoms with van der Waals surface area (Å²) < 4.78 is 9.25. The summed E-state index contributed by atoms with van der Waals surface area (Å²) in [4.78, 5) is 15.4. The van der Waals surface area contributed by atoms with Crippen LogP contribution in [0, 0.1) is 0 Å². The van der Waals surface area contributed by atoms with Gasteiger partial charge in [0.1, 0.15) is 97.5 Å². The van der Waals surface area contributed by atoms with Crippen LogP contribution in [0.25, 0.3) is 83.6 Å². The standard InChI is InChI=1S/C39H35B11N4O/c40-17-12-19(42)35-25(28(17)44)26-29(45)18(41)13-20(43)36(26)54(35)21-7-4-8-22-24(21)16-10-9-15(11-23(16)55-22)38-51-37(14-5-2-1-3-6-14)52-39(53-38)27-30(46)32(48)34(50)33(49)31(27)47/h1-13H,40-50H2. The van der Waals surface area contributed by atoms with E-state index in [1.54, 1.807) is 0 Å². The molecule has 9 aromatic rings. The Morgan fingerprint density at radius 1 is 0.418 bits per heavy atom. The van der Waals surface area contributed by atoms with E-state index in [-0.39, 0.29) is 0 Å². The second kappa shape index (κ2) is 12.9. The first-order valence-electron chi connectivity index (χ1n) is 19.2. The van der Waals surface area contributed by atoms with Crippen LogP contribution in [0.3, 0.4) is 0 Å². The van der Waals surface area contributed by atoms with E-state index in [1.165, 1.54) is 81.9 Å². The number of benzene rings is 6. The van der Waals surface area contributed by atoms with Gasteiger partial charge in [-0.15, -0.1) is 16.4 Å². The lowest BCUT2D eigenvalue weighted by Gasteiger charge is -2.20. The first-order valence-corrected chi connectivity index (χ1v) is 19.2. The van der Waals surface area contributed by atoms with E-state index in [0.29, 0.717) is 17.5 Å². The highest BCUT2D eigenvalue weighted by molar-refractivity contribution is 6.69. The predicted octanol–water partition coefficient (Wildman–Crippen LogP) is -9.29. The second-order valence-electron chi connectivity index (χ2n) is 15.7. The minimum atomic E-state index is 0.617. The summed E-state index contributed by atoms with van der Waals surface area (Å²) in [5.74, 6) is 1.95. The van der Waals surface area contributed by atoms with Gasteiger partial charge in [-0.05, 0) is 35.0 Å². The third-order valence-corrected chi connectivity index (χ3v) is 12.6. The fourth-order valence-electron chi connectivity index (χ4n) is 8.99. The Morgan fingerprint density at radius 2 is 0.964 bits per heavy atom. The SMILES string of the molecule is Bc1cc(B)c2c(c1B)c1c(B)c(B)cc(B)c1n2-c1cccc2oc3cc(-c4nc(-c5ccccc5)nc(-c5c(B)c(B)c(B)c(B)c5B)n4)ccc3c12. The van der Waals surface area contributed by atoms with Crippen molar-refractivity contribution in [1.82, 2.24) is 19.5 Å². The quantitative estimate of drug-likeness (QED) is 0.172. The topological polar surface area (TPSA) is 56.7 Å². The fraction of sp³-hybridized carbons (Fsp3) is 0. The van der Waals surface area contributed by atoms with Crippen LogP contribution in [-0.4, -0.2) is 106 Å². The average molecular weight is 695 g/mol. The maximum atomic E-state index is 6.75. The van der Waals surface area contributed by atoms with Crippen LogP contribution in [0.2, 0.25) is 0 Å². The molecule has 6 aromatic carbocycles. The molecule has 0 aliphatic rings. The Labute approximate surface area is 331 Å². The van der Waals surface area contributed by atoms with Gasteiger partial charge in [0.15, 0.2) is 17.5 Å². The molecule has 0 aliphatic carbocycles. The Hall–Kier alpha value is -5.36. The van der Waals surface area contributed by atoms with Crippen LogP contribution in [0.1, 0.15) is 0 Å². The predicted molar refractivity (Wildman–Crippen MR) is 268 cm³/mol. The smallest absolute Gasteiger partial charge is 0.164 e. The van der Waals surface area contributed by atoms with Gasteiger partial charge in [-0.2, -0.15) is 0 Å². The number of hydrogen-bond donors (Lipinski definition) is 0. The van der Waals surface area contributed by atoms with Crippen molar-refractivity contribution in [3.8, 4) is 39.9 Å². The van der Waals surface area contributed by atoms with E-state index in [1.807, 2.05) is 18.2 Å². The monoisotopic (exact) mass is 696 g/mol. The van der Waals surface area contributed by atoms with Gasteiger partial charge in [0.25, 0.3) is 0 Å². The van der Waals surface area contributed by atoms with Crippen molar-refractivity contribution in [1.29, 1.82) is 0 Å². The Kier molecular flexibility index (Phi) is 8.27. The molecule has 0 aliphatic heterocycles. The van der Waals surface area contributed by atoms with Crippen molar-refractivity contribution in [2.75, 3.05) is 0 Å². The molecule has 55 heavy (non-hydrogen) atoms. The average Bonchev–Trinajstić information content (AvgIpc) is 3.75. The third kappa shape index (κ3) is 5.28. The number of fused-ring (bicyclic) bond motifs is 6. The molecule has 0 saturated heterocycles. The molecule has 0 saturated carbocycles. The molecular formula is C39H35B11N4O. The summed E-state index contributed by atoms with van der Waals surface area (Å²) in [6.45, 7) is 0. The summed E-state index contributed by atoms with van der Waals surface area (Å²) in [6.07, 6.45) is 0. The first-order chi connectivity index (χ1) is 26.3. The van der Waals surface area contributed by atoms with E-state index < -0.39 is 0 Å². The highest BCUT2D eigenvalue weighted by Crippen LogP contribution is 2.38. The molecular weight excluding hydrogens is 659 g/mol. The van der Waals surface area contributed by atoms with E-state index in [9.17, 15) is 0 Å². The number of nitrogens with zero attached hydrogens (tertiary/aromatic N) is 4.